The lowest BCUT2D eigenvalue weighted by atomic mass is 9.67. The van der Waals surface area contributed by atoms with E-state index >= 15 is 0 Å². The van der Waals surface area contributed by atoms with Crippen molar-refractivity contribution in [3.05, 3.63) is 191 Å². The zero-order valence-electron chi connectivity index (χ0n) is 29.6. The monoisotopic (exact) mass is 730 g/mol. The van der Waals surface area contributed by atoms with Crippen LogP contribution in [0.1, 0.15) is 33.4 Å². The summed E-state index contributed by atoms with van der Waals surface area (Å²) in [4.78, 5) is 12.3. The van der Waals surface area contributed by atoms with Crippen LogP contribution in [0.15, 0.2) is 168 Å². The van der Waals surface area contributed by atoms with Crippen LogP contribution in [0.25, 0.3) is 66.4 Å². The van der Waals surface area contributed by atoms with Gasteiger partial charge in [0, 0.05) is 55.1 Å². The Balaban J connectivity index is 1.14. The van der Waals surface area contributed by atoms with Gasteiger partial charge in [0.05, 0.1) is 62.1 Å². The van der Waals surface area contributed by atoms with Gasteiger partial charge in [0.15, 0.2) is 0 Å². The highest BCUT2D eigenvalue weighted by molar-refractivity contribution is 7.99. The second-order valence-electron chi connectivity index (χ2n) is 14.4. The molecule has 0 atom stereocenters. The lowest BCUT2D eigenvalue weighted by molar-refractivity contribution is 0.718. The first-order valence-corrected chi connectivity index (χ1v) is 19.2. The molecule has 0 radical (unpaired) electrons. The third-order valence-corrected chi connectivity index (χ3v) is 12.9. The number of rotatable bonds is 2. The fourth-order valence-corrected chi connectivity index (χ4v) is 10.7. The Kier molecular flexibility index (Phi) is 6.24. The van der Waals surface area contributed by atoms with Gasteiger partial charge < -0.3 is 9.13 Å². The highest BCUT2D eigenvalue weighted by atomic mass is 32.2. The van der Waals surface area contributed by atoms with Crippen LogP contribution in [-0.4, -0.2) is 19.1 Å². The minimum absolute atomic E-state index is 0.609. The third-order valence-electron chi connectivity index (χ3n) is 11.7. The van der Waals surface area contributed by atoms with E-state index < -0.39 is 5.41 Å². The van der Waals surface area contributed by atoms with Crippen LogP contribution < -0.4 is 0 Å². The van der Waals surface area contributed by atoms with Crippen LogP contribution in [0.4, 0.5) is 0 Å². The summed E-state index contributed by atoms with van der Waals surface area (Å²) < 4.78 is 4.61. The molecule has 10 aromatic rings. The van der Waals surface area contributed by atoms with Gasteiger partial charge in [0.1, 0.15) is 0 Å². The fourth-order valence-electron chi connectivity index (χ4n) is 9.51. The molecule has 0 bridgehead atoms. The molecular weight excluding hydrogens is 705 g/mol. The summed E-state index contributed by atoms with van der Waals surface area (Å²) in [5.74, 6) is 0. The van der Waals surface area contributed by atoms with E-state index in [4.69, 9.17) is 9.97 Å². The van der Waals surface area contributed by atoms with Crippen molar-refractivity contribution in [3.63, 3.8) is 0 Å². The van der Waals surface area contributed by atoms with Crippen LogP contribution in [-0.2, 0) is 5.41 Å². The number of nitrogens with zero attached hydrogens (tertiary/aromatic N) is 6. The van der Waals surface area contributed by atoms with Gasteiger partial charge in [-0.15, -0.1) is 0 Å². The van der Waals surface area contributed by atoms with Gasteiger partial charge in [0.2, 0.25) is 0 Å². The van der Waals surface area contributed by atoms with Crippen molar-refractivity contribution in [1.29, 1.82) is 10.5 Å². The first kappa shape index (κ1) is 31.0. The molecule has 0 saturated heterocycles. The number of benzene rings is 6. The number of fused-ring (bicyclic) bond motifs is 15. The standard InChI is InChI=1S/C49H26N6S/c50-27-29-13-17-42-34(23-29)33-7-1-3-11-41(33)54(42)31-15-19-44-36(25-31)35-24-30(28-51)14-18-43(35)55(44)32-16-20-46-40(26-32)49(37-8-2-4-12-45(37)56-46)38-9-5-21-52-47(38)48-39(49)10-6-22-53-48/h1-26H. The predicted molar refractivity (Wildman–Crippen MR) is 222 cm³/mol. The van der Waals surface area contributed by atoms with Gasteiger partial charge in [-0.05, 0) is 119 Å². The van der Waals surface area contributed by atoms with E-state index in [-0.39, 0.29) is 0 Å². The van der Waals surface area contributed by atoms with Crippen LogP contribution in [0, 0.1) is 22.7 Å². The Labute approximate surface area is 325 Å². The van der Waals surface area contributed by atoms with E-state index in [0.717, 1.165) is 77.5 Å². The van der Waals surface area contributed by atoms with Gasteiger partial charge in [-0.1, -0.05) is 60.3 Å². The minimum Gasteiger partial charge on any atom is -0.309 e. The Bertz CT molecular complexity index is 3400. The molecule has 6 nitrogen and oxygen atoms in total. The van der Waals surface area contributed by atoms with Gasteiger partial charge >= 0.3 is 0 Å². The molecule has 0 amide bonds. The van der Waals surface area contributed by atoms with E-state index in [2.05, 4.69) is 118 Å². The first-order chi connectivity index (χ1) is 27.7. The van der Waals surface area contributed by atoms with Gasteiger partial charge in [-0.3, -0.25) is 9.97 Å². The zero-order chi connectivity index (χ0) is 37.1. The molecule has 5 heterocycles. The fraction of sp³-hybridized carbons (Fsp3) is 0.0204. The van der Waals surface area contributed by atoms with Crippen molar-refractivity contribution in [2.75, 3.05) is 0 Å². The number of hydrogen-bond acceptors (Lipinski definition) is 5. The first-order valence-electron chi connectivity index (χ1n) is 18.4. The lowest BCUT2D eigenvalue weighted by Crippen LogP contribution is -2.32. The number of hydrogen-bond donors (Lipinski definition) is 0. The molecule has 4 aromatic heterocycles. The molecule has 56 heavy (non-hydrogen) atoms. The molecule has 1 aliphatic carbocycles. The van der Waals surface area contributed by atoms with Crippen molar-refractivity contribution in [2.24, 2.45) is 0 Å². The Morgan fingerprint density at radius 1 is 0.446 bits per heavy atom. The van der Waals surface area contributed by atoms with Crippen LogP contribution in [0.3, 0.4) is 0 Å². The highest BCUT2D eigenvalue weighted by Gasteiger charge is 2.51. The number of aromatic nitrogens is 4. The Morgan fingerprint density at radius 2 is 0.964 bits per heavy atom. The van der Waals surface area contributed by atoms with Crippen molar-refractivity contribution in [3.8, 4) is 34.9 Å². The zero-order valence-corrected chi connectivity index (χ0v) is 30.4. The van der Waals surface area contributed by atoms with Crippen LogP contribution in [0.2, 0.25) is 0 Å². The molecule has 0 unspecified atom stereocenters. The van der Waals surface area contributed by atoms with Crippen LogP contribution in [0.5, 0.6) is 0 Å². The predicted octanol–water partition coefficient (Wildman–Crippen LogP) is 11.2. The summed E-state index contributed by atoms with van der Waals surface area (Å²) in [5, 5.41) is 24.0. The Hall–Kier alpha value is -7.45. The maximum Gasteiger partial charge on any atom is 0.0991 e. The van der Waals surface area contributed by atoms with Gasteiger partial charge in [0.25, 0.3) is 0 Å². The topological polar surface area (TPSA) is 83.2 Å². The molecule has 1 spiro atoms. The molecule has 0 fully saturated rings. The molecule has 12 rings (SSSR count). The summed E-state index contributed by atoms with van der Waals surface area (Å²) >= 11 is 1.81. The second kappa shape index (κ2) is 11.3. The quantitative estimate of drug-likeness (QED) is 0.177. The lowest BCUT2D eigenvalue weighted by Gasteiger charge is -2.39. The summed E-state index contributed by atoms with van der Waals surface area (Å²) in [7, 11) is 0. The maximum absolute atomic E-state index is 10.1. The highest BCUT2D eigenvalue weighted by Crippen LogP contribution is 2.61. The third kappa shape index (κ3) is 3.94. The average molecular weight is 731 g/mol. The van der Waals surface area contributed by atoms with E-state index in [1.165, 1.54) is 20.9 Å². The SMILES string of the molecule is N#Cc1ccc2c(c1)c1ccccc1n2-c1ccc2c(c1)c1cc(C#N)ccc1n2-c1ccc2c(c1)C1(c3ccccc3S2)c2cccnc2-c2ncccc21. The largest absolute Gasteiger partial charge is 0.309 e. The Morgan fingerprint density at radius 3 is 1.66 bits per heavy atom. The summed E-state index contributed by atoms with van der Waals surface area (Å²) in [6.45, 7) is 0. The molecule has 6 aromatic carbocycles. The summed E-state index contributed by atoms with van der Waals surface area (Å²) in [5.41, 5.74) is 13.4. The molecule has 258 valence electrons. The number of para-hydroxylation sites is 1. The average Bonchev–Trinajstić information content (AvgIpc) is 3.87. The van der Waals surface area contributed by atoms with E-state index in [1.54, 1.807) is 0 Å². The van der Waals surface area contributed by atoms with Crippen molar-refractivity contribution < 1.29 is 0 Å². The number of pyridine rings is 2. The van der Waals surface area contributed by atoms with Crippen molar-refractivity contribution in [1.82, 2.24) is 19.1 Å². The summed E-state index contributed by atoms with van der Waals surface area (Å²) in [6.07, 6.45) is 3.73. The maximum atomic E-state index is 10.1. The van der Waals surface area contributed by atoms with E-state index in [1.807, 2.05) is 72.7 Å². The molecule has 0 saturated carbocycles. The van der Waals surface area contributed by atoms with Crippen molar-refractivity contribution >= 4 is 55.4 Å². The molecular formula is C49H26N6S. The van der Waals surface area contributed by atoms with Gasteiger partial charge in [-0.2, -0.15) is 10.5 Å². The normalized spacial score (nSPS) is 13.4. The van der Waals surface area contributed by atoms with Gasteiger partial charge in [-0.25, -0.2) is 0 Å². The smallest absolute Gasteiger partial charge is 0.0991 e. The van der Waals surface area contributed by atoms with E-state index in [9.17, 15) is 10.5 Å². The molecule has 1 aliphatic heterocycles. The second-order valence-corrected chi connectivity index (χ2v) is 15.5. The molecule has 2 aliphatic rings. The van der Waals surface area contributed by atoms with Crippen molar-refractivity contribution in [2.45, 2.75) is 15.2 Å². The van der Waals surface area contributed by atoms with E-state index in [0.29, 0.717) is 11.1 Å². The summed E-state index contributed by atoms with van der Waals surface area (Å²) in [6, 6.07) is 55.7. The molecule has 7 heteroatoms. The van der Waals surface area contributed by atoms with Crippen LogP contribution >= 0.6 is 11.8 Å². The molecule has 0 N–H and O–H groups in total. The minimum atomic E-state index is -0.609. The number of nitriles is 2.